The molecule has 0 bridgehead atoms. The number of rotatable bonds is 5. The van der Waals surface area contributed by atoms with E-state index >= 15 is 0 Å². The zero-order valence-electron chi connectivity index (χ0n) is 8.58. The molecule has 1 rings (SSSR count). The van der Waals surface area contributed by atoms with Crippen molar-refractivity contribution >= 4 is 21.5 Å². The van der Waals surface area contributed by atoms with Crippen LogP contribution in [0.2, 0.25) is 0 Å². The van der Waals surface area contributed by atoms with Crippen molar-refractivity contribution in [2.45, 2.75) is 19.4 Å². The van der Waals surface area contributed by atoms with E-state index < -0.39 is 4.92 Å². The van der Waals surface area contributed by atoms with E-state index in [9.17, 15) is 10.1 Å². The van der Waals surface area contributed by atoms with Crippen LogP contribution in [0.3, 0.4) is 0 Å². The van der Waals surface area contributed by atoms with Crippen LogP contribution >= 0.6 is 11.3 Å². The van der Waals surface area contributed by atoms with Crippen molar-refractivity contribution in [3.8, 4) is 0 Å². The molecule has 1 atom stereocenters. The van der Waals surface area contributed by atoms with Gasteiger partial charge in [-0.3, -0.25) is 10.1 Å². The minimum Gasteiger partial charge on any atom is -0.393 e. The lowest BCUT2D eigenvalue weighted by Gasteiger charge is -2.15. The van der Waals surface area contributed by atoms with Gasteiger partial charge in [-0.25, -0.2) is 4.98 Å². The molecular formula is C8H13N3O3S. The Balaban J connectivity index is 2.58. The average Bonchev–Trinajstić information content (AvgIpc) is 2.62. The molecule has 0 saturated carbocycles. The third kappa shape index (κ3) is 3.45. The Labute approximate surface area is 91.3 Å². The predicted molar refractivity (Wildman–Crippen MR) is 58.3 cm³/mol. The molecule has 1 heterocycles. The quantitative estimate of drug-likeness (QED) is 0.609. The third-order valence-corrected chi connectivity index (χ3v) is 2.93. The fraction of sp³-hybridized carbons (Fsp3) is 0.625. The van der Waals surface area contributed by atoms with Crippen LogP contribution < -0.4 is 4.90 Å². The first kappa shape index (κ1) is 11.9. The van der Waals surface area contributed by atoms with E-state index in [2.05, 4.69) is 4.98 Å². The fourth-order valence-electron chi connectivity index (χ4n) is 0.994. The van der Waals surface area contributed by atoms with Gasteiger partial charge in [-0.2, -0.15) is 0 Å². The third-order valence-electron chi connectivity index (χ3n) is 1.87. The summed E-state index contributed by atoms with van der Waals surface area (Å²) in [7, 11) is 1.80. The predicted octanol–water partition coefficient (Wildman–Crippen LogP) is 1.26. The maximum atomic E-state index is 10.4. The number of nitrogens with zero attached hydrogens (tertiary/aromatic N) is 3. The van der Waals surface area contributed by atoms with Crippen LogP contribution in [0.1, 0.15) is 13.3 Å². The van der Waals surface area contributed by atoms with Crippen LogP contribution in [-0.2, 0) is 0 Å². The van der Waals surface area contributed by atoms with E-state index in [4.69, 9.17) is 5.11 Å². The zero-order valence-corrected chi connectivity index (χ0v) is 9.40. The van der Waals surface area contributed by atoms with Gasteiger partial charge in [0.25, 0.3) is 0 Å². The first-order valence-electron chi connectivity index (χ1n) is 4.50. The summed E-state index contributed by atoms with van der Waals surface area (Å²) in [6.07, 6.45) is 1.49. The van der Waals surface area contributed by atoms with Crippen molar-refractivity contribution in [2.24, 2.45) is 0 Å². The van der Waals surface area contributed by atoms with Gasteiger partial charge in [0.15, 0.2) is 5.13 Å². The van der Waals surface area contributed by atoms with Gasteiger partial charge in [-0.05, 0) is 24.7 Å². The van der Waals surface area contributed by atoms with Crippen LogP contribution in [-0.4, -0.2) is 34.7 Å². The number of aromatic nitrogens is 1. The molecule has 0 aromatic carbocycles. The minimum absolute atomic E-state index is 0.0360. The van der Waals surface area contributed by atoms with Crippen molar-refractivity contribution < 1.29 is 10.0 Å². The van der Waals surface area contributed by atoms with Gasteiger partial charge in [0.1, 0.15) is 6.20 Å². The smallest absolute Gasteiger partial charge is 0.345 e. The van der Waals surface area contributed by atoms with Gasteiger partial charge in [0.05, 0.1) is 11.0 Å². The van der Waals surface area contributed by atoms with E-state index in [1.165, 1.54) is 6.20 Å². The average molecular weight is 231 g/mol. The van der Waals surface area contributed by atoms with Crippen molar-refractivity contribution in [3.63, 3.8) is 0 Å². The highest BCUT2D eigenvalue weighted by atomic mass is 32.1. The highest BCUT2D eigenvalue weighted by Gasteiger charge is 2.14. The Kier molecular flexibility index (Phi) is 3.98. The Bertz CT molecular complexity index is 340. The molecule has 84 valence electrons. The van der Waals surface area contributed by atoms with Crippen LogP contribution in [0.25, 0.3) is 0 Å². The van der Waals surface area contributed by atoms with Gasteiger partial charge in [0, 0.05) is 13.6 Å². The van der Waals surface area contributed by atoms with Crippen LogP contribution in [0.5, 0.6) is 0 Å². The second-order valence-electron chi connectivity index (χ2n) is 3.30. The summed E-state index contributed by atoms with van der Waals surface area (Å²) in [5.74, 6) is 0. The largest absolute Gasteiger partial charge is 0.393 e. The summed E-state index contributed by atoms with van der Waals surface area (Å²) in [6, 6.07) is 0. The number of nitro groups is 1. The van der Waals surface area contributed by atoms with Crippen molar-refractivity contribution in [1.82, 2.24) is 4.98 Å². The number of thiazole rings is 1. The number of hydrogen-bond donors (Lipinski definition) is 1. The summed E-state index contributed by atoms with van der Waals surface area (Å²) in [5, 5.41) is 20.1. The van der Waals surface area contributed by atoms with Crippen LogP contribution in [0.15, 0.2) is 6.20 Å². The number of hydrogen-bond acceptors (Lipinski definition) is 6. The maximum Gasteiger partial charge on any atom is 0.345 e. The molecule has 0 amide bonds. The first-order chi connectivity index (χ1) is 7.00. The van der Waals surface area contributed by atoms with Gasteiger partial charge >= 0.3 is 5.00 Å². The number of aliphatic hydroxyl groups excluding tert-OH is 1. The molecule has 0 fully saturated rings. The standard InChI is InChI=1S/C8H13N3O3S/c1-6(12)3-4-10(2)8-9-5-7(15-8)11(13)14/h5-6,12H,3-4H2,1-2H3. The highest BCUT2D eigenvalue weighted by Crippen LogP contribution is 2.27. The SMILES string of the molecule is CC(O)CCN(C)c1ncc([N+](=O)[O-])s1. The monoisotopic (exact) mass is 231 g/mol. The van der Waals surface area contributed by atoms with Gasteiger partial charge < -0.3 is 10.0 Å². The lowest BCUT2D eigenvalue weighted by atomic mass is 10.3. The first-order valence-corrected chi connectivity index (χ1v) is 5.31. The van der Waals surface area contributed by atoms with Crippen LogP contribution in [0, 0.1) is 10.1 Å². The number of anilines is 1. The molecule has 1 aromatic rings. The van der Waals surface area contributed by atoms with Crippen molar-refractivity contribution in [3.05, 3.63) is 16.3 Å². The summed E-state index contributed by atoms with van der Waals surface area (Å²) in [5.41, 5.74) is 0. The Morgan fingerprint density at radius 3 is 2.93 bits per heavy atom. The summed E-state index contributed by atoms with van der Waals surface area (Å²) >= 11 is 1.03. The number of aliphatic hydroxyl groups is 1. The summed E-state index contributed by atoms with van der Waals surface area (Å²) < 4.78 is 0. The highest BCUT2D eigenvalue weighted by molar-refractivity contribution is 7.18. The Morgan fingerprint density at radius 1 is 1.80 bits per heavy atom. The summed E-state index contributed by atoms with van der Waals surface area (Å²) in [4.78, 5) is 15.7. The molecule has 7 heteroatoms. The Hall–Kier alpha value is -1.21. The molecule has 1 N–H and O–H groups in total. The molecule has 6 nitrogen and oxygen atoms in total. The lowest BCUT2D eigenvalue weighted by molar-refractivity contribution is -0.380. The van der Waals surface area contributed by atoms with Crippen LogP contribution in [0.4, 0.5) is 10.1 Å². The van der Waals surface area contributed by atoms with E-state index in [1.54, 1.807) is 18.9 Å². The molecule has 0 aliphatic heterocycles. The lowest BCUT2D eigenvalue weighted by Crippen LogP contribution is -2.21. The second kappa shape index (κ2) is 5.04. The molecular weight excluding hydrogens is 218 g/mol. The zero-order chi connectivity index (χ0) is 11.4. The maximum absolute atomic E-state index is 10.4. The van der Waals surface area contributed by atoms with E-state index in [1.807, 2.05) is 0 Å². The van der Waals surface area contributed by atoms with E-state index in [0.29, 0.717) is 18.1 Å². The molecule has 1 unspecified atom stereocenters. The normalized spacial score (nSPS) is 12.5. The van der Waals surface area contributed by atoms with Crippen molar-refractivity contribution in [1.29, 1.82) is 0 Å². The van der Waals surface area contributed by atoms with Gasteiger partial charge in [-0.1, -0.05) is 0 Å². The molecule has 1 aromatic heterocycles. The molecule has 15 heavy (non-hydrogen) atoms. The van der Waals surface area contributed by atoms with Gasteiger partial charge in [-0.15, -0.1) is 0 Å². The van der Waals surface area contributed by atoms with E-state index in [-0.39, 0.29) is 11.1 Å². The van der Waals surface area contributed by atoms with E-state index in [0.717, 1.165) is 11.3 Å². The topological polar surface area (TPSA) is 79.5 Å². The molecule has 0 spiro atoms. The molecule has 0 aliphatic carbocycles. The molecule has 0 saturated heterocycles. The van der Waals surface area contributed by atoms with Crippen molar-refractivity contribution in [2.75, 3.05) is 18.5 Å². The molecule has 0 radical (unpaired) electrons. The minimum atomic E-state index is -0.455. The fourth-order valence-corrected chi connectivity index (χ4v) is 1.71. The summed E-state index contributed by atoms with van der Waals surface area (Å²) in [6.45, 7) is 2.33. The second-order valence-corrected chi connectivity index (χ2v) is 4.28. The Morgan fingerprint density at radius 2 is 2.47 bits per heavy atom. The van der Waals surface area contributed by atoms with Gasteiger partial charge in [0.2, 0.25) is 0 Å². The molecule has 0 aliphatic rings.